The summed E-state index contributed by atoms with van der Waals surface area (Å²) in [6.07, 6.45) is 16.3. The number of hydrogen-bond acceptors (Lipinski definition) is 4. The number of quaternary nitrogens is 1. The molecule has 0 bridgehead atoms. The number of ketones is 1. The van der Waals surface area contributed by atoms with Crippen LogP contribution >= 0.6 is 0 Å². The Morgan fingerprint density at radius 2 is 1.67 bits per heavy atom. The van der Waals surface area contributed by atoms with Gasteiger partial charge >= 0.3 is 6.16 Å². The number of rotatable bonds is 6. The Balaban J connectivity index is 1.19. The van der Waals surface area contributed by atoms with Crippen molar-refractivity contribution in [3.63, 3.8) is 0 Å². The number of Topliss-reactive ketones (excluding diaryl/α,β-unsaturated/α-hetero) is 1. The van der Waals surface area contributed by atoms with Gasteiger partial charge in [0, 0.05) is 18.3 Å². The molecule has 36 heavy (non-hydrogen) atoms. The van der Waals surface area contributed by atoms with Crippen molar-refractivity contribution < 1.29 is 23.5 Å². The zero-order valence-electron chi connectivity index (χ0n) is 23.4. The summed E-state index contributed by atoms with van der Waals surface area (Å²) in [5.74, 6) is 2.37. The van der Waals surface area contributed by atoms with Crippen LogP contribution in [0, 0.1) is 28.6 Å². The average molecular weight is 501 g/mol. The number of ether oxygens (including phenoxy) is 2. The SMILES string of the molecule is CC[N+](CC)(COC(=O)O[C@H]1CC[C@@]2(C)C(=CC[C@@H]3[C@@H]2CC[C@]2(C)C(=O)CC[C@@H]32)C1)C1CCCCC1. The van der Waals surface area contributed by atoms with E-state index in [9.17, 15) is 9.59 Å². The molecule has 4 saturated carbocycles. The van der Waals surface area contributed by atoms with Crippen LogP contribution in [0.4, 0.5) is 4.79 Å². The first kappa shape index (κ1) is 26.3. The van der Waals surface area contributed by atoms with E-state index < -0.39 is 6.16 Å². The smallest absolute Gasteiger partial charge is 0.431 e. The van der Waals surface area contributed by atoms with Gasteiger partial charge in [-0.2, -0.15) is 0 Å². The van der Waals surface area contributed by atoms with Gasteiger partial charge in [-0.15, -0.1) is 0 Å². The molecule has 0 aromatic carbocycles. The van der Waals surface area contributed by atoms with Gasteiger partial charge in [-0.05, 0) is 101 Å². The van der Waals surface area contributed by atoms with Gasteiger partial charge in [0.15, 0.2) is 0 Å². The molecule has 0 heterocycles. The Labute approximate surface area is 218 Å². The highest BCUT2D eigenvalue weighted by Crippen LogP contribution is 2.64. The summed E-state index contributed by atoms with van der Waals surface area (Å²) in [5, 5.41) is 0. The lowest BCUT2D eigenvalue weighted by molar-refractivity contribution is -0.964. The topological polar surface area (TPSA) is 52.6 Å². The largest absolute Gasteiger partial charge is 0.512 e. The third kappa shape index (κ3) is 4.35. The summed E-state index contributed by atoms with van der Waals surface area (Å²) in [6, 6.07) is 0.602. The van der Waals surface area contributed by atoms with E-state index in [0.717, 1.165) is 62.5 Å². The predicted octanol–water partition coefficient (Wildman–Crippen LogP) is 7.19. The summed E-state index contributed by atoms with van der Waals surface area (Å²) >= 11 is 0. The molecule has 0 aliphatic heterocycles. The second kappa shape index (κ2) is 10.1. The Kier molecular flexibility index (Phi) is 7.35. The van der Waals surface area contributed by atoms with E-state index in [1.54, 1.807) is 0 Å². The molecule has 0 amide bonds. The fourth-order valence-corrected chi connectivity index (χ4v) is 9.51. The predicted molar refractivity (Wildman–Crippen MR) is 141 cm³/mol. The molecule has 5 rings (SSSR count). The highest BCUT2D eigenvalue weighted by Gasteiger charge is 2.58. The van der Waals surface area contributed by atoms with E-state index >= 15 is 0 Å². The van der Waals surface area contributed by atoms with Crippen LogP contribution in [0.2, 0.25) is 0 Å². The summed E-state index contributed by atoms with van der Waals surface area (Å²) in [6.45, 7) is 11.6. The van der Waals surface area contributed by atoms with Gasteiger partial charge in [-0.25, -0.2) is 4.79 Å². The number of fused-ring (bicyclic) bond motifs is 5. The first-order chi connectivity index (χ1) is 17.3. The average Bonchev–Trinajstić information content (AvgIpc) is 3.20. The Morgan fingerprint density at radius 3 is 2.39 bits per heavy atom. The molecule has 5 aliphatic carbocycles. The van der Waals surface area contributed by atoms with Gasteiger partial charge in [0.1, 0.15) is 11.9 Å². The molecule has 0 spiro atoms. The molecule has 0 radical (unpaired) electrons. The summed E-state index contributed by atoms with van der Waals surface area (Å²) in [4.78, 5) is 25.5. The first-order valence-corrected chi connectivity index (χ1v) is 15.2. The highest BCUT2D eigenvalue weighted by atomic mass is 16.7. The number of carbonyl (C=O) groups is 2. The number of carbonyl (C=O) groups excluding carboxylic acids is 2. The van der Waals surface area contributed by atoms with E-state index in [2.05, 4.69) is 33.8 Å². The molecule has 4 fully saturated rings. The number of allylic oxidation sites excluding steroid dienone is 1. The van der Waals surface area contributed by atoms with Crippen molar-refractivity contribution in [2.45, 2.75) is 123 Å². The lowest BCUT2D eigenvalue weighted by atomic mass is 9.48. The molecule has 5 heteroatoms. The van der Waals surface area contributed by atoms with Crippen LogP contribution in [0.1, 0.15) is 111 Å². The van der Waals surface area contributed by atoms with Crippen molar-refractivity contribution in [3.8, 4) is 0 Å². The number of hydrogen-bond donors (Lipinski definition) is 0. The third-order valence-electron chi connectivity index (χ3n) is 12.1. The lowest BCUT2D eigenvalue weighted by Gasteiger charge is -2.56. The van der Waals surface area contributed by atoms with E-state index in [4.69, 9.17) is 9.47 Å². The van der Waals surface area contributed by atoms with Crippen LogP contribution in [0.3, 0.4) is 0 Å². The maximum absolute atomic E-state index is 12.8. The maximum Gasteiger partial charge on any atom is 0.512 e. The van der Waals surface area contributed by atoms with Gasteiger partial charge in [0.25, 0.3) is 0 Å². The van der Waals surface area contributed by atoms with Gasteiger partial charge in [0.05, 0.1) is 19.1 Å². The van der Waals surface area contributed by atoms with Gasteiger partial charge < -0.3 is 9.47 Å². The van der Waals surface area contributed by atoms with Crippen molar-refractivity contribution >= 4 is 11.9 Å². The van der Waals surface area contributed by atoms with Crippen molar-refractivity contribution in [1.82, 2.24) is 0 Å². The first-order valence-electron chi connectivity index (χ1n) is 15.2. The molecular weight excluding hydrogens is 450 g/mol. The molecule has 0 N–H and O–H groups in total. The van der Waals surface area contributed by atoms with Crippen LogP contribution in [0.5, 0.6) is 0 Å². The lowest BCUT2D eigenvalue weighted by Crippen LogP contribution is -2.57. The van der Waals surface area contributed by atoms with Crippen LogP contribution in [0.25, 0.3) is 0 Å². The molecule has 0 saturated heterocycles. The summed E-state index contributed by atoms with van der Waals surface area (Å²) in [5.41, 5.74) is 1.61. The van der Waals surface area contributed by atoms with Crippen molar-refractivity contribution in [1.29, 1.82) is 0 Å². The highest BCUT2D eigenvalue weighted by molar-refractivity contribution is 5.87. The number of nitrogens with zero attached hydrogens (tertiary/aromatic N) is 1. The van der Waals surface area contributed by atoms with E-state index in [1.807, 2.05) is 0 Å². The maximum atomic E-state index is 12.8. The zero-order valence-corrected chi connectivity index (χ0v) is 23.4. The molecule has 202 valence electrons. The zero-order chi connectivity index (χ0) is 25.6. The van der Waals surface area contributed by atoms with Crippen molar-refractivity contribution in [2.75, 3.05) is 19.8 Å². The molecule has 0 unspecified atom stereocenters. The fraction of sp³-hybridized carbons (Fsp3) is 0.871. The van der Waals surface area contributed by atoms with Crippen molar-refractivity contribution in [2.24, 2.45) is 28.6 Å². The Morgan fingerprint density at radius 1 is 0.972 bits per heavy atom. The second-order valence-electron chi connectivity index (χ2n) is 13.3. The minimum atomic E-state index is -0.476. The minimum Gasteiger partial charge on any atom is -0.431 e. The van der Waals surface area contributed by atoms with E-state index in [0.29, 0.717) is 36.3 Å². The van der Waals surface area contributed by atoms with Crippen LogP contribution in [-0.2, 0) is 14.3 Å². The molecule has 5 nitrogen and oxygen atoms in total. The quantitative estimate of drug-likeness (QED) is 0.168. The van der Waals surface area contributed by atoms with E-state index in [-0.39, 0.29) is 16.9 Å². The van der Waals surface area contributed by atoms with Crippen LogP contribution in [-0.4, -0.2) is 48.4 Å². The standard InChI is InChI=1S/C31H50NO4/c1-5-32(6-2,23-10-8-7-9-11-23)21-35-29(34)36-24-16-18-30(3)22(20-24)12-13-25-26-14-15-28(33)31(26,4)19-17-27(25)30/h12,23-27H,5-11,13-21H2,1-4H3/q+1/t24-,25-,26-,27-,30-,31-/m0/s1. The second-order valence-corrected chi connectivity index (χ2v) is 13.3. The van der Waals surface area contributed by atoms with Crippen LogP contribution < -0.4 is 0 Å². The fourth-order valence-electron chi connectivity index (χ4n) is 9.51. The van der Waals surface area contributed by atoms with Gasteiger partial charge in [-0.1, -0.05) is 31.9 Å². The van der Waals surface area contributed by atoms with E-state index in [1.165, 1.54) is 44.1 Å². The molecular formula is C31H50NO4+. The third-order valence-corrected chi connectivity index (χ3v) is 12.1. The molecule has 0 aromatic heterocycles. The molecule has 0 aromatic rings. The van der Waals surface area contributed by atoms with Crippen molar-refractivity contribution in [3.05, 3.63) is 11.6 Å². The monoisotopic (exact) mass is 500 g/mol. The Bertz CT molecular complexity index is 872. The summed E-state index contributed by atoms with van der Waals surface area (Å²) < 4.78 is 12.6. The molecule has 6 atom stereocenters. The van der Waals surface area contributed by atoms with Gasteiger partial charge in [0.2, 0.25) is 6.73 Å². The Hall–Kier alpha value is -1.36. The normalized spacial score (nSPS) is 39.0. The minimum absolute atomic E-state index is 0.0740. The van der Waals surface area contributed by atoms with Gasteiger partial charge in [-0.3, -0.25) is 9.28 Å². The molecule has 5 aliphatic rings. The van der Waals surface area contributed by atoms with Crippen LogP contribution in [0.15, 0.2) is 11.6 Å². The summed E-state index contributed by atoms with van der Waals surface area (Å²) in [7, 11) is 0.